The summed E-state index contributed by atoms with van der Waals surface area (Å²) in [5.41, 5.74) is 7.80. The monoisotopic (exact) mass is 536 g/mol. The van der Waals surface area contributed by atoms with Gasteiger partial charge in [-0.3, -0.25) is 0 Å². The molecule has 0 aliphatic rings. The van der Waals surface area contributed by atoms with Crippen LogP contribution in [0.5, 0.6) is 0 Å². The van der Waals surface area contributed by atoms with Crippen molar-refractivity contribution in [1.82, 2.24) is 0 Å². The van der Waals surface area contributed by atoms with Crippen molar-refractivity contribution >= 4 is 0 Å². The lowest BCUT2D eigenvalue weighted by Gasteiger charge is -2.25. The highest BCUT2D eigenvalue weighted by Gasteiger charge is 2.21. The minimum absolute atomic E-state index is 0.0858. The molecule has 0 radical (unpaired) electrons. The summed E-state index contributed by atoms with van der Waals surface area (Å²) in [5, 5.41) is 0. The van der Waals surface area contributed by atoms with Crippen molar-refractivity contribution < 1.29 is 0 Å². The first-order valence-corrected chi connectivity index (χ1v) is 14.7. The Labute approximate surface area is 247 Å². The zero-order valence-electron chi connectivity index (χ0n) is 27.5. The summed E-state index contributed by atoms with van der Waals surface area (Å²) in [4.78, 5) is 0. The van der Waals surface area contributed by atoms with E-state index in [0.717, 1.165) is 0 Å². The molecule has 4 rings (SSSR count). The van der Waals surface area contributed by atoms with Crippen molar-refractivity contribution in [3.8, 4) is 11.1 Å². The average Bonchev–Trinajstić information content (AvgIpc) is 2.89. The third-order valence-corrected chi connectivity index (χ3v) is 5.65. The van der Waals surface area contributed by atoms with Gasteiger partial charge in [0.1, 0.15) is 0 Å². The lowest BCUT2D eigenvalue weighted by Crippen LogP contribution is -2.18. The molecular weight excluding hydrogens is 480 g/mol. The maximum Gasteiger partial charge on any atom is 0.0146 e. The highest BCUT2D eigenvalue weighted by molar-refractivity contribution is 5.64. The van der Waals surface area contributed by atoms with E-state index in [4.69, 9.17) is 0 Å². The van der Waals surface area contributed by atoms with Gasteiger partial charge in [-0.25, -0.2) is 0 Å². The van der Waals surface area contributed by atoms with E-state index in [9.17, 15) is 0 Å². The Morgan fingerprint density at radius 2 is 0.725 bits per heavy atom. The predicted octanol–water partition coefficient (Wildman–Crippen LogP) is 12.6. The van der Waals surface area contributed by atoms with Crippen molar-refractivity contribution in [2.75, 3.05) is 0 Å². The minimum atomic E-state index is 0.0858. The van der Waals surface area contributed by atoms with E-state index in [0.29, 0.717) is 16.7 Å². The van der Waals surface area contributed by atoms with Gasteiger partial charge in [-0.2, -0.15) is 0 Å². The van der Waals surface area contributed by atoms with Crippen molar-refractivity contribution in [3.05, 3.63) is 132 Å². The van der Waals surface area contributed by atoms with Gasteiger partial charge in [-0.15, -0.1) is 0 Å². The summed E-state index contributed by atoms with van der Waals surface area (Å²) in [7, 11) is 0. The van der Waals surface area contributed by atoms with Crippen LogP contribution in [0, 0.1) is 10.8 Å². The number of benzene rings is 4. The molecule has 4 aromatic carbocycles. The van der Waals surface area contributed by atoms with E-state index in [1.165, 1.54) is 27.8 Å². The smallest absolute Gasteiger partial charge is 0.0146 e. The van der Waals surface area contributed by atoms with Crippen molar-refractivity contribution in [2.24, 2.45) is 10.8 Å². The van der Waals surface area contributed by atoms with Crippen LogP contribution in [0.2, 0.25) is 0 Å². The highest BCUT2D eigenvalue weighted by atomic mass is 14.2. The second-order valence-electron chi connectivity index (χ2n) is 14.5. The summed E-state index contributed by atoms with van der Waals surface area (Å²) >= 11 is 0. The number of hydrogen-bond donors (Lipinski definition) is 0. The SMILES string of the molecule is CC(C)(C)C.CC(C)(C)C.CC(C)(c1ccccc1)c1ccccc1.CC(C)c1cccc(-c2ccccc2)c1. The average molecular weight is 537 g/mol. The lowest BCUT2D eigenvalue weighted by molar-refractivity contribution is 0.469. The summed E-state index contributed by atoms with van der Waals surface area (Å²) in [6.07, 6.45) is 0. The van der Waals surface area contributed by atoms with Crippen LogP contribution in [-0.4, -0.2) is 0 Å². The molecule has 0 heterocycles. The maximum absolute atomic E-state index is 2.28. The van der Waals surface area contributed by atoms with Crippen LogP contribution in [0.3, 0.4) is 0 Å². The fourth-order valence-corrected chi connectivity index (χ4v) is 3.58. The molecule has 0 amide bonds. The van der Waals surface area contributed by atoms with E-state index < -0.39 is 0 Å². The molecule has 0 saturated heterocycles. The van der Waals surface area contributed by atoms with Gasteiger partial charge < -0.3 is 0 Å². The Morgan fingerprint density at radius 1 is 0.400 bits per heavy atom. The predicted molar refractivity (Wildman–Crippen MR) is 181 cm³/mol. The minimum Gasteiger partial charge on any atom is -0.0622 e. The quantitative estimate of drug-likeness (QED) is 0.243. The van der Waals surface area contributed by atoms with Crippen LogP contribution in [-0.2, 0) is 5.41 Å². The van der Waals surface area contributed by atoms with Gasteiger partial charge in [-0.1, -0.05) is 198 Å². The third kappa shape index (κ3) is 15.5. The second kappa shape index (κ2) is 16.2. The third-order valence-electron chi connectivity index (χ3n) is 5.65. The molecule has 0 aliphatic heterocycles. The fraction of sp³-hybridized carbons (Fsp3) is 0.400. The maximum atomic E-state index is 2.28. The molecule has 0 spiro atoms. The second-order valence-corrected chi connectivity index (χ2v) is 14.5. The first kappa shape index (κ1) is 34.9. The molecule has 0 atom stereocenters. The van der Waals surface area contributed by atoms with Gasteiger partial charge in [0.2, 0.25) is 0 Å². The van der Waals surface area contributed by atoms with Gasteiger partial charge in [0.15, 0.2) is 0 Å². The van der Waals surface area contributed by atoms with Gasteiger partial charge >= 0.3 is 0 Å². The summed E-state index contributed by atoms with van der Waals surface area (Å²) in [6, 6.07) is 40.6. The molecule has 0 fully saturated rings. The summed E-state index contributed by atoms with van der Waals surface area (Å²) in [6.45, 7) is 26.5. The molecule has 0 N–H and O–H groups in total. The zero-order valence-corrected chi connectivity index (χ0v) is 27.5. The first-order chi connectivity index (χ1) is 18.5. The van der Waals surface area contributed by atoms with Crippen molar-refractivity contribution in [1.29, 1.82) is 0 Å². The Morgan fingerprint density at radius 3 is 1.07 bits per heavy atom. The van der Waals surface area contributed by atoms with Crippen LogP contribution in [0.15, 0.2) is 115 Å². The number of rotatable bonds is 4. The van der Waals surface area contributed by atoms with Crippen molar-refractivity contribution in [2.45, 2.75) is 94.4 Å². The van der Waals surface area contributed by atoms with E-state index in [-0.39, 0.29) is 5.41 Å². The first-order valence-electron chi connectivity index (χ1n) is 14.7. The topological polar surface area (TPSA) is 0 Å². The molecule has 216 valence electrons. The van der Waals surface area contributed by atoms with Gasteiger partial charge in [0, 0.05) is 5.41 Å². The standard InChI is InChI=1S/2C15H16.2C5H12/c1-15(2,13-9-5-3-6-10-13)14-11-7-4-8-12-14;1-12(2)14-9-6-10-15(11-14)13-7-4-3-5-8-13;2*1-5(2,3)4/h2*3-12H,1-2H3;2*1-4H3. The van der Waals surface area contributed by atoms with Crippen molar-refractivity contribution in [3.63, 3.8) is 0 Å². The molecule has 0 saturated carbocycles. The molecule has 0 aromatic heterocycles. The Balaban J connectivity index is 0.000000302. The Kier molecular flexibility index (Phi) is 14.2. The molecule has 40 heavy (non-hydrogen) atoms. The van der Waals surface area contributed by atoms with E-state index >= 15 is 0 Å². The number of hydrogen-bond acceptors (Lipinski definition) is 0. The van der Waals surface area contributed by atoms with E-state index in [1.54, 1.807) is 0 Å². The largest absolute Gasteiger partial charge is 0.0622 e. The zero-order chi connectivity index (χ0) is 30.4. The van der Waals surface area contributed by atoms with E-state index in [2.05, 4.69) is 198 Å². The molecular formula is C40H56. The van der Waals surface area contributed by atoms with Crippen LogP contribution < -0.4 is 0 Å². The summed E-state index contributed by atoms with van der Waals surface area (Å²) in [5.74, 6) is 0.591. The van der Waals surface area contributed by atoms with E-state index in [1.807, 2.05) is 0 Å². The molecule has 4 aromatic rings. The Bertz CT molecular complexity index is 1120. The van der Waals surface area contributed by atoms with Gasteiger partial charge in [-0.05, 0) is 44.6 Å². The van der Waals surface area contributed by atoms with Crippen LogP contribution in [0.25, 0.3) is 11.1 Å². The fourth-order valence-electron chi connectivity index (χ4n) is 3.58. The van der Waals surface area contributed by atoms with Gasteiger partial charge in [0.05, 0.1) is 0 Å². The summed E-state index contributed by atoms with van der Waals surface area (Å²) < 4.78 is 0. The highest BCUT2D eigenvalue weighted by Crippen LogP contribution is 2.30. The molecule has 0 unspecified atom stereocenters. The molecule has 0 heteroatoms. The molecule has 0 aliphatic carbocycles. The normalized spacial score (nSPS) is 11.2. The lowest BCUT2D eigenvalue weighted by atomic mass is 9.78. The molecule has 0 nitrogen and oxygen atoms in total. The van der Waals surface area contributed by atoms with Crippen LogP contribution >= 0.6 is 0 Å². The van der Waals surface area contributed by atoms with Crippen LogP contribution in [0.4, 0.5) is 0 Å². The Hall–Kier alpha value is -3.12. The van der Waals surface area contributed by atoms with Gasteiger partial charge in [0.25, 0.3) is 0 Å². The molecule has 0 bridgehead atoms. The van der Waals surface area contributed by atoms with Crippen LogP contribution in [0.1, 0.15) is 106 Å².